The number of sulfonamides is 1. The van der Waals surface area contributed by atoms with Crippen LogP contribution in [0.25, 0.3) is 0 Å². The van der Waals surface area contributed by atoms with Crippen LogP contribution >= 0.6 is 11.6 Å². The van der Waals surface area contributed by atoms with Gasteiger partial charge in [-0.05, 0) is 24.6 Å². The summed E-state index contributed by atoms with van der Waals surface area (Å²) in [6, 6.07) is 4.41. The van der Waals surface area contributed by atoms with E-state index in [0.717, 1.165) is 32.6 Å². The number of piperazine rings is 1. The van der Waals surface area contributed by atoms with Crippen LogP contribution in [0, 0.1) is 0 Å². The van der Waals surface area contributed by atoms with Gasteiger partial charge in [-0.3, -0.25) is 4.90 Å². The Balaban J connectivity index is 1.84. The smallest absolute Gasteiger partial charge is 0.339 e. The zero-order chi connectivity index (χ0) is 18.0. The SMILES string of the molecule is COC(=O)c1cc(Cl)ccc1S(=O)(=O)N1CCC(N2CCNCC2)C1. The lowest BCUT2D eigenvalue weighted by Gasteiger charge is -2.32. The zero-order valence-corrected chi connectivity index (χ0v) is 15.6. The molecule has 2 fully saturated rings. The molecule has 3 rings (SSSR count). The summed E-state index contributed by atoms with van der Waals surface area (Å²) in [6.45, 7) is 4.57. The zero-order valence-electron chi connectivity index (χ0n) is 14.1. The Morgan fingerprint density at radius 1 is 1.28 bits per heavy atom. The Bertz CT molecular complexity index is 750. The van der Waals surface area contributed by atoms with Crippen LogP contribution in [0.4, 0.5) is 0 Å². The third-order valence-corrected chi connectivity index (χ3v) is 6.92. The van der Waals surface area contributed by atoms with Crippen molar-refractivity contribution in [3.63, 3.8) is 0 Å². The van der Waals surface area contributed by atoms with E-state index >= 15 is 0 Å². The second-order valence-electron chi connectivity index (χ2n) is 6.22. The van der Waals surface area contributed by atoms with Gasteiger partial charge < -0.3 is 10.1 Å². The summed E-state index contributed by atoms with van der Waals surface area (Å²) in [7, 11) is -2.56. The molecular weight excluding hydrogens is 366 g/mol. The van der Waals surface area contributed by atoms with Crippen LogP contribution in [-0.2, 0) is 14.8 Å². The van der Waals surface area contributed by atoms with E-state index in [9.17, 15) is 13.2 Å². The number of hydrogen-bond donors (Lipinski definition) is 1. The van der Waals surface area contributed by atoms with Gasteiger partial charge in [0.25, 0.3) is 0 Å². The summed E-state index contributed by atoms with van der Waals surface area (Å²) in [5.41, 5.74) is -0.0272. The third kappa shape index (κ3) is 3.83. The molecule has 0 spiro atoms. The second kappa shape index (κ2) is 7.59. The minimum atomic E-state index is -3.78. The highest BCUT2D eigenvalue weighted by Crippen LogP contribution is 2.28. The second-order valence-corrected chi connectivity index (χ2v) is 8.57. The molecule has 1 N–H and O–H groups in total. The molecule has 1 unspecified atom stereocenters. The Morgan fingerprint density at radius 3 is 2.68 bits per heavy atom. The number of carbonyl (C=O) groups excluding carboxylic acids is 1. The highest BCUT2D eigenvalue weighted by molar-refractivity contribution is 7.89. The third-order valence-electron chi connectivity index (χ3n) is 4.76. The van der Waals surface area contributed by atoms with Crippen LogP contribution in [0.3, 0.4) is 0 Å². The predicted molar refractivity (Wildman–Crippen MR) is 94.4 cm³/mol. The van der Waals surface area contributed by atoms with Crippen LogP contribution in [0.5, 0.6) is 0 Å². The fraction of sp³-hybridized carbons (Fsp3) is 0.562. The molecule has 0 aliphatic carbocycles. The standard InChI is InChI=1S/C16H22ClN3O4S/c1-24-16(21)14-10-12(17)2-3-15(14)25(22,23)20-7-4-13(11-20)19-8-5-18-6-9-19/h2-3,10,13,18H,4-9,11H2,1H3. The molecule has 1 aromatic carbocycles. The number of methoxy groups -OCH3 is 1. The van der Waals surface area contributed by atoms with Crippen molar-refractivity contribution < 1.29 is 17.9 Å². The molecule has 2 heterocycles. The molecular formula is C16H22ClN3O4S. The van der Waals surface area contributed by atoms with Gasteiger partial charge in [0.05, 0.1) is 17.6 Å². The van der Waals surface area contributed by atoms with Crippen molar-refractivity contribution in [3.8, 4) is 0 Å². The van der Waals surface area contributed by atoms with Crippen LogP contribution in [-0.4, -0.2) is 76.0 Å². The van der Waals surface area contributed by atoms with Crippen molar-refractivity contribution in [3.05, 3.63) is 28.8 Å². The van der Waals surface area contributed by atoms with E-state index in [1.165, 1.54) is 29.6 Å². The van der Waals surface area contributed by atoms with Crippen molar-refractivity contribution in [2.45, 2.75) is 17.4 Å². The maximum atomic E-state index is 13.1. The number of hydrogen-bond acceptors (Lipinski definition) is 6. The molecule has 0 radical (unpaired) electrons. The largest absolute Gasteiger partial charge is 0.465 e. The van der Waals surface area contributed by atoms with E-state index in [1.54, 1.807) is 0 Å². The van der Waals surface area contributed by atoms with Gasteiger partial charge in [0.2, 0.25) is 10.0 Å². The number of benzene rings is 1. The first-order valence-electron chi connectivity index (χ1n) is 8.26. The lowest BCUT2D eigenvalue weighted by molar-refractivity contribution is 0.0596. The lowest BCUT2D eigenvalue weighted by atomic mass is 10.2. The summed E-state index contributed by atoms with van der Waals surface area (Å²) in [5.74, 6) is -0.709. The number of nitrogens with zero attached hydrogens (tertiary/aromatic N) is 2. The van der Waals surface area contributed by atoms with E-state index in [0.29, 0.717) is 18.1 Å². The molecule has 7 nitrogen and oxygen atoms in total. The molecule has 0 amide bonds. The number of ether oxygens (including phenoxy) is 1. The first-order valence-corrected chi connectivity index (χ1v) is 10.1. The molecule has 138 valence electrons. The number of esters is 1. The maximum absolute atomic E-state index is 13.1. The Morgan fingerprint density at radius 2 is 2.00 bits per heavy atom. The Kier molecular flexibility index (Phi) is 5.65. The average molecular weight is 388 g/mol. The van der Waals surface area contributed by atoms with Crippen molar-refractivity contribution in [2.75, 3.05) is 46.4 Å². The van der Waals surface area contributed by atoms with Gasteiger partial charge in [0, 0.05) is 50.3 Å². The molecule has 1 atom stereocenters. The van der Waals surface area contributed by atoms with Crippen molar-refractivity contribution in [1.29, 1.82) is 0 Å². The molecule has 25 heavy (non-hydrogen) atoms. The van der Waals surface area contributed by atoms with Gasteiger partial charge in [-0.1, -0.05) is 11.6 Å². The van der Waals surface area contributed by atoms with Crippen molar-refractivity contribution >= 4 is 27.6 Å². The van der Waals surface area contributed by atoms with Gasteiger partial charge in [-0.15, -0.1) is 0 Å². The van der Waals surface area contributed by atoms with Gasteiger partial charge in [-0.2, -0.15) is 4.31 Å². The molecule has 2 aliphatic heterocycles. The monoisotopic (exact) mass is 387 g/mol. The quantitative estimate of drug-likeness (QED) is 0.770. The minimum absolute atomic E-state index is 0.0272. The van der Waals surface area contributed by atoms with Crippen LogP contribution in [0.15, 0.2) is 23.1 Å². The minimum Gasteiger partial charge on any atom is -0.465 e. The summed E-state index contributed by atoms with van der Waals surface area (Å²) < 4.78 is 32.3. The van der Waals surface area contributed by atoms with Crippen LogP contribution in [0.1, 0.15) is 16.8 Å². The molecule has 0 bridgehead atoms. The molecule has 1 aromatic rings. The maximum Gasteiger partial charge on any atom is 0.339 e. The van der Waals surface area contributed by atoms with E-state index < -0.39 is 16.0 Å². The topological polar surface area (TPSA) is 79.0 Å². The molecule has 2 aliphatic rings. The molecule has 0 aromatic heterocycles. The van der Waals surface area contributed by atoms with E-state index in [1.807, 2.05) is 0 Å². The fourth-order valence-corrected chi connectivity index (χ4v) is 5.23. The fourth-order valence-electron chi connectivity index (χ4n) is 3.41. The molecule has 0 saturated carbocycles. The van der Waals surface area contributed by atoms with Crippen LogP contribution in [0.2, 0.25) is 5.02 Å². The van der Waals surface area contributed by atoms with Gasteiger partial charge in [0.1, 0.15) is 0 Å². The Hall–Kier alpha value is -1.19. The summed E-state index contributed by atoms with van der Waals surface area (Å²) >= 11 is 5.92. The highest BCUT2D eigenvalue weighted by atomic mass is 35.5. The lowest BCUT2D eigenvalue weighted by Crippen LogP contribution is -2.49. The highest BCUT2D eigenvalue weighted by Gasteiger charge is 2.37. The normalized spacial score (nSPS) is 22.9. The number of halogens is 1. The molecule has 9 heteroatoms. The summed E-state index contributed by atoms with van der Waals surface area (Å²) in [5, 5.41) is 3.59. The van der Waals surface area contributed by atoms with Crippen LogP contribution < -0.4 is 5.32 Å². The van der Waals surface area contributed by atoms with Gasteiger partial charge >= 0.3 is 5.97 Å². The predicted octanol–water partition coefficient (Wildman–Crippen LogP) is 0.795. The summed E-state index contributed by atoms with van der Waals surface area (Å²) in [6.07, 6.45) is 0.792. The van der Waals surface area contributed by atoms with E-state index in [4.69, 9.17) is 16.3 Å². The number of carbonyl (C=O) groups is 1. The molecule has 2 saturated heterocycles. The van der Waals surface area contributed by atoms with E-state index in [-0.39, 0.29) is 16.5 Å². The van der Waals surface area contributed by atoms with Crippen molar-refractivity contribution in [1.82, 2.24) is 14.5 Å². The van der Waals surface area contributed by atoms with Crippen molar-refractivity contribution in [2.24, 2.45) is 0 Å². The Labute approximate surface area is 152 Å². The number of rotatable bonds is 4. The first-order chi connectivity index (χ1) is 11.9. The van der Waals surface area contributed by atoms with Gasteiger partial charge in [-0.25, -0.2) is 13.2 Å². The first kappa shape index (κ1) is 18.6. The average Bonchev–Trinajstić information content (AvgIpc) is 3.12. The summed E-state index contributed by atoms with van der Waals surface area (Å²) in [4.78, 5) is 14.3. The van der Waals surface area contributed by atoms with Gasteiger partial charge in [0.15, 0.2) is 0 Å². The van der Waals surface area contributed by atoms with E-state index in [2.05, 4.69) is 10.2 Å². The number of nitrogens with one attached hydrogen (secondary N) is 1.